The number of nitrogens with zero attached hydrogens (tertiary/aromatic N) is 2. The molecule has 3 aromatic rings. The summed E-state index contributed by atoms with van der Waals surface area (Å²) in [5.74, 6) is -0.658. The molecule has 5 nitrogen and oxygen atoms in total. The molecular formula is C24H28N2O3. The Hall–Kier alpha value is -2.47. The molecule has 1 aliphatic rings. The average Bonchev–Trinajstić information content (AvgIpc) is 3.40. The Kier molecular flexibility index (Phi) is 6.39. The molecule has 1 aliphatic heterocycles. The number of ether oxygens (including phenoxy) is 3. The van der Waals surface area contributed by atoms with Gasteiger partial charge in [-0.05, 0) is 24.5 Å². The Morgan fingerprint density at radius 2 is 1.93 bits per heavy atom. The van der Waals surface area contributed by atoms with Gasteiger partial charge in [0, 0.05) is 18.8 Å². The van der Waals surface area contributed by atoms with Gasteiger partial charge in [-0.15, -0.1) is 0 Å². The van der Waals surface area contributed by atoms with Crippen molar-refractivity contribution in [2.45, 2.75) is 44.8 Å². The zero-order valence-electron chi connectivity index (χ0n) is 16.9. The highest BCUT2D eigenvalue weighted by Gasteiger charge is 2.41. The van der Waals surface area contributed by atoms with Crippen molar-refractivity contribution in [3.8, 4) is 0 Å². The maximum atomic E-state index is 6.41. The molecule has 0 amide bonds. The monoisotopic (exact) mass is 392 g/mol. The van der Waals surface area contributed by atoms with Gasteiger partial charge in [-0.25, -0.2) is 4.98 Å². The lowest BCUT2D eigenvalue weighted by molar-refractivity contribution is -0.187. The first-order valence-corrected chi connectivity index (χ1v) is 10.2. The molecular weight excluding hydrogens is 364 g/mol. The van der Waals surface area contributed by atoms with Crippen LogP contribution in [0.1, 0.15) is 23.1 Å². The summed E-state index contributed by atoms with van der Waals surface area (Å²) in [6, 6.07) is 18.9. The Balaban J connectivity index is 1.34. The summed E-state index contributed by atoms with van der Waals surface area (Å²) in [6.45, 7) is 4.35. The van der Waals surface area contributed by atoms with Crippen LogP contribution in [0.25, 0.3) is 0 Å². The highest BCUT2D eigenvalue weighted by Crippen LogP contribution is 2.31. The van der Waals surface area contributed by atoms with E-state index in [0.717, 1.165) is 12.8 Å². The van der Waals surface area contributed by atoms with Crippen LogP contribution in [0.15, 0.2) is 73.3 Å². The van der Waals surface area contributed by atoms with Gasteiger partial charge in [0.15, 0.2) is 5.79 Å². The first kappa shape index (κ1) is 19.8. The van der Waals surface area contributed by atoms with Crippen LogP contribution < -0.4 is 0 Å². The molecule has 0 aliphatic carbocycles. The fourth-order valence-corrected chi connectivity index (χ4v) is 3.62. The fourth-order valence-electron chi connectivity index (χ4n) is 3.62. The lowest BCUT2D eigenvalue weighted by atomic mass is 10.0. The summed E-state index contributed by atoms with van der Waals surface area (Å²) in [5, 5.41) is 0. The Labute approximate surface area is 172 Å². The molecule has 0 N–H and O–H groups in total. The van der Waals surface area contributed by atoms with E-state index in [1.54, 1.807) is 12.5 Å². The molecule has 1 saturated heterocycles. The number of benzene rings is 2. The molecule has 0 spiro atoms. The van der Waals surface area contributed by atoms with Crippen LogP contribution in [0, 0.1) is 6.92 Å². The second-order valence-electron chi connectivity index (χ2n) is 7.68. The highest BCUT2D eigenvalue weighted by atomic mass is 16.8. The smallest absolute Gasteiger partial charge is 0.187 e. The first-order valence-electron chi connectivity index (χ1n) is 10.2. The topological polar surface area (TPSA) is 45.5 Å². The molecule has 2 heterocycles. The summed E-state index contributed by atoms with van der Waals surface area (Å²) in [6.07, 6.45) is 7.13. The van der Waals surface area contributed by atoms with Crippen molar-refractivity contribution in [2.24, 2.45) is 0 Å². The minimum absolute atomic E-state index is 0.0697. The number of aromatic nitrogens is 2. The summed E-state index contributed by atoms with van der Waals surface area (Å²) in [4.78, 5) is 4.15. The Morgan fingerprint density at radius 1 is 1.10 bits per heavy atom. The van der Waals surface area contributed by atoms with Crippen LogP contribution in [-0.2, 0) is 33.8 Å². The van der Waals surface area contributed by atoms with Gasteiger partial charge in [0.05, 0.1) is 32.7 Å². The first-order chi connectivity index (χ1) is 14.2. The van der Waals surface area contributed by atoms with Gasteiger partial charge in [-0.3, -0.25) is 0 Å². The standard InChI is InChI=1S/C24H28N2O3/c1-20-7-9-22(10-8-20)15-27-16-23-17-28-24(29-23,18-26-14-13-25-19-26)12-11-21-5-3-2-4-6-21/h2-10,13-14,19,23H,11-12,15-18H2,1H3. The molecule has 5 heteroatoms. The lowest BCUT2D eigenvalue weighted by Gasteiger charge is -2.28. The van der Waals surface area contributed by atoms with Crippen LogP contribution in [0.4, 0.5) is 0 Å². The zero-order chi connectivity index (χ0) is 19.9. The van der Waals surface area contributed by atoms with Crippen molar-refractivity contribution >= 4 is 0 Å². The van der Waals surface area contributed by atoms with Crippen molar-refractivity contribution in [1.29, 1.82) is 0 Å². The average molecular weight is 392 g/mol. The van der Waals surface area contributed by atoms with E-state index in [9.17, 15) is 0 Å². The van der Waals surface area contributed by atoms with Gasteiger partial charge < -0.3 is 18.8 Å². The van der Waals surface area contributed by atoms with Crippen LogP contribution in [0.2, 0.25) is 0 Å². The van der Waals surface area contributed by atoms with E-state index < -0.39 is 5.79 Å². The molecule has 152 valence electrons. The second kappa shape index (κ2) is 9.35. The third kappa shape index (κ3) is 5.54. The molecule has 4 rings (SSSR count). The van der Waals surface area contributed by atoms with Crippen molar-refractivity contribution < 1.29 is 14.2 Å². The van der Waals surface area contributed by atoms with E-state index in [2.05, 4.69) is 60.4 Å². The fraction of sp³-hybridized carbons (Fsp3) is 0.375. The van der Waals surface area contributed by atoms with E-state index in [1.165, 1.54) is 16.7 Å². The van der Waals surface area contributed by atoms with Crippen LogP contribution in [-0.4, -0.2) is 34.7 Å². The minimum Gasteiger partial charge on any atom is -0.374 e. The molecule has 2 unspecified atom stereocenters. The predicted molar refractivity (Wildman–Crippen MR) is 111 cm³/mol. The normalized spacial score (nSPS) is 21.5. The Morgan fingerprint density at radius 3 is 2.69 bits per heavy atom. The third-order valence-electron chi connectivity index (χ3n) is 5.23. The Bertz CT molecular complexity index is 865. The maximum absolute atomic E-state index is 6.41. The van der Waals surface area contributed by atoms with E-state index in [1.807, 2.05) is 16.8 Å². The van der Waals surface area contributed by atoms with Crippen molar-refractivity contribution in [3.05, 3.63) is 90.0 Å². The predicted octanol–water partition coefficient (Wildman–Crippen LogP) is 4.15. The summed E-state index contributed by atoms with van der Waals surface area (Å²) in [7, 11) is 0. The van der Waals surface area contributed by atoms with Crippen molar-refractivity contribution in [2.75, 3.05) is 13.2 Å². The number of imidazole rings is 1. The zero-order valence-corrected chi connectivity index (χ0v) is 16.9. The number of rotatable bonds is 9. The maximum Gasteiger partial charge on any atom is 0.187 e. The third-order valence-corrected chi connectivity index (χ3v) is 5.23. The molecule has 0 radical (unpaired) electrons. The number of hydrogen-bond donors (Lipinski definition) is 0. The van der Waals surface area contributed by atoms with Gasteiger partial charge in [0.1, 0.15) is 6.10 Å². The van der Waals surface area contributed by atoms with E-state index in [-0.39, 0.29) is 6.10 Å². The molecule has 0 saturated carbocycles. The summed E-state index contributed by atoms with van der Waals surface area (Å²) in [5.41, 5.74) is 3.70. The summed E-state index contributed by atoms with van der Waals surface area (Å²) >= 11 is 0. The van der Waals surface area contributed by atoms with Crippen molar-refractivity contribution in [1.82, 2.24) is 9.55 Å². The van der Waals surface area contributed by atoms with Crippen molar-refractivity contribution in [3.63, 3.8) is 0 Å². The number of aryl methyl sites for hydroxylation is 2. The molecule has 1 aromatic heterocycles. The van der Waals surface area contributed by atoms with E-state index >= 15 is 0 Å². The summed E-state index contributed by atoms with van der Waals surface area (Å²) < 4.78 is 20.5. The van der Waals surface area contributed by atoms with Crippen LogP contribution >= 0.6 is 0 Å². The lowest BCUT2D eigenvalue weighted by Crippen LogP contribution is -2.37. The highest BCUT2D eigenvalue weighted by molar-refractivity contribution is 5.20. The van der Waals surface area contributed by atoms with E-state index in [0.29, 0.717) is 26.4 Å². The molecule has 2 atom stereocenters. The van der Waals surface area contributed by atoms with Gasteiger partial charge in [-0.1, -0.05) is 60.2 Å². The minimum atomic E-state index is -0.658. The molecule has 1 fully saturated rings. The molecule has 29 heavy (non-hydrogen) atoms. The number of hydrogen-bond acceptors (Lipinski definition) is 4. The largest absolute Gasteiger partial charge is 0.374 e. The van der Waals surface area contributed by atoms with Gasteiger partial charge in [0.2, 0.25) is 0 Å². The molecule has 0 bridgehead atoms. The SMILES string of the molecule is Cc1ccc(COCC2COC(CCc3ccccc3)(Cn3ccnc3)O2)cc1. The van der Waals surface area contributed by atoms with Crippen LogP contribution in [0.3, 0.4) is 0 Å². The van der Waals surface area contributed by atoms with Crippen LogP contribution in [0.5, 0.6) is 0 Å². The van der Waals surface area contributed by atoms with Gasteiger partial charge in [-0.2, -0.15) is 0 Å². The second-order valence-corrected chi connectivity index (χ2v) is 7.68. The van der Waals surface area contributed by atoms with Gasteiger partial charge >= 0.3 is 0 Å². The quantitative estimate of drug-likeness (QED) is 0.549. The van der Waals surface area contributed by atoms with E-state index in [4.69, 9.17) is 14.2 Å². The van der Waals surface area contributed by atoms with Gasteiger partial charge in [0.25, 0.3) is 0 Å². The molecule has 2 aromatic carbocycles.